The first-order chi connectivity index (χ1) is 10.0. The molecule has 2 N–H and O–H groups in total. The number of hydrogen-bond acceptors (Lipinski definition) is 2. The molecule has 0 saturated heterocycles. The third-order valence-corrected chi connectivity index (χ3v) is 2.52. The Bertz CT molecular complexity index is 362. The largest absolute Gasteiger partial charge is 0.508 e. The maximum absolute atomic E-state index is 8.92. The van der Waals surface area contributed by atoms with Crippen LogP contribution in [-0.2, 0) is 0 Å². The summed E-state index contributed by atoms with van der Waals surface area (Å²) in [6, 6.07) is 7.25. The van der Waals surface area contributed by atoms with Crippen molar-refractivity contribution in [2.24, 2.45) is 0 Å². The minimum Gasteiger partial charge on any atom is -0.508 e. The van der Waals surface area contributed by atoms with Crippen molar-refractivity contribution in [3.63, 3.8) is 0 Å². The molecule has 0 aromatic heterocycles. The minimum atomic E-state index is 0.368. The predicted molar refractivity (Wildman–Crippen MR) is 95.9 cm³/mol. The van der Waals surface area contributed by atoms with Gasteiger partial charge in [0.25, 0.3) is 0 Å². The summed E-state index contributed by atoms with van der Waals surface area (Å²) < 4.78 is 0. The Kier molecular flexibility index (Phi) is 17.1. The number of benzene rings is 1. The summed E-state index contributed by atoms with van der Waals surface area (Å²) in [6.45, 7) is 13.0. The highest BCUT2D eigenvalue weighted by molar-refractivity contribution is 5.29. The van der Waals surface area contributed by atoms with Gasteiger partial charge in [-0.15, -0.1) is 0 Å². The molecule has 2 heteroatoms. The molecule has 0 spiro atoms. The lowest BCUT2D eigenvalue weighted by molar-refractivity contribution is 0.471. The van der Waals surface area contributed by atoms with E-state index in [4.69, 9.17) is 5.11 Å². The molecule has 0 aliphatic heterocycles. The molecule has 0 amide bonds. The van der Waals surface area contributed by atoms with Crippen LogP contribution in [0.15, 0.2) is 48.6 Å². The van der Waals surface area contributed by atoms with E-state index in [0.29, 0.717) is 5.75 Å². The van der Waals surface area contributed by atoms with Crippen LogP contribution >= 0.6 is 0 Å². The maximum atomic E-state index is 8.92. The van der Waals surface area contributed by atoms with Crippen LogP contribution in [0.2, 0.25) is 0 Å². The molecule has 0 atom stereocenters. The van der Waals surface area contributed by atoms with Crippen molar-refractivity contribution in [3.05, 3.63) is 54.1 Å². The molecule has 21 heavy (non-hydrogen) atoms. The number of para-hydroxylation sites is 1. The van der Waals surface area contributed by atoms with E-state index in [1.54, 1.807) is 6.07 Å². The van der Waals surface area contributed by atoms with Crippen LogP contribution in [0.3, 0.4) is 0 Å². The molecule has 0 bridgehead atoms. The average Bonchev–Trinajstić information content (AvgIpc) is 2.44. The van der Waals surface area contributed by atoms with Gasteiger partial charge in [-0.1, -0.05) is 62.8 Å². The van der Waals surface area contributed by atoms with Crippen LogP contribution in [0.5, 0.6) is 5.75 Å². The second kappa shape index (κ2) is 16.5. The van der Waals surface area contributed by atoms with Crippen molar-refractivity contribution in [3.8, 4) is 5.75 Å². The quantitative estimate of drug-likeness (QED) is 0.574. The number of phenolic OH excluding ortho intramolecular Hbond substituents is 1. The monoisotopic (exact) mass is 291 g/mol. The van der Waals surface area contributed by atoms with Gasteiger partial charge in [-0.2, -0.15) is 0 Å². The first-order valence-corrected chi connectivity index (χ1v) is 7.70. The summed E-state index contributed by atoms with van der Waals surface area (Å²) >= 11 is 0. The molecule has 0 aliphatic carbocycles. The Balaban J connectivity index is 0. The van der Waals surface area contributed by atoms with Crippen molar-refractivity contribution in [1.29, 1.82) is 0 Å². The van der Waals surface area contributed by atoms with Crippen molar-refractivity contribution in [2.75, 3.05) is 13.6 Å². The molecule has 0 aliphatic rings. The predicted octanol–water partition coefficient (Wildman–Crippen LogP) is 5.24. The highest BCUT2D eigenvalue weighted by Crippen LogP contribution is 2.12. The Labute approximate surface area is 131 Å². The highest BCUT2D eigenvalue weighted by atomic mass is 16.3. The van der Waals surface area contributed by atoms with E-state index in [1.165, 1.54) is 24.8 Å². The zero-order valence-electron chi connectivity index (χ0n) is 14.4. The van der Waals surface area contributed by atoms with Crippen molar-refractivity contribution < 1.29 is 5.11 Å². The van der Waals surface area contributed by atoms with Crippen LogP contribution < -0.4 is 5.32 Å². The fourth-order valence-corrected chi connectivity index (χ4v) is 1.39. The van der Waals surface area contributed by atoms with Crippen molar-refractivity contribution in [1.82, 2.24) is 5.32 Å². The summed E-state index contributed by atoms with van der Waals surface area (Å²) in [5.74, 6) is 0.368. The third-order valence-electron chi connectivity index (χ3n) is 2.52. The normalized spacial score (nSPS) is 9.86. The first kappa shape index (κ1) is 21.8. The van der Waals surface area contributed by atoms with Gasteiger partial charge in [0.2, 0.25) is 0 Å². The fourth-order valence-electron chi connectivity index (χ4n) is 1.39. The van der Waals surface area contributed by atoms with Gasteiger partial charge in [0.05, 0.1) is 0 Å². The summed E-state index contributed by atoms with van der Waals surface area (Å²) in [5, 5.41) is 12.0. The summed E-state index contributed by atoms with van der Waals surface area (Å²) in [6.07, 6.45) is 7.55. The molecule has 0 fully saturated rings. The van der Waals surface area contributed by atoms with Crippen molar-refractivity contribution >= 4 is 0 Å². The molecule has 0 unspecified atom stereocenters. The first-order valence-electron chi connectivity index (χ1n) is 7.70. The molecule has 2 nitrogen and oxygen atoms in total. The molecule has 1 rings (SSSR count). The maximum Gasteiger partial charge on any atom is 0.118 e. The lowest BCUT2D eigenvalue weighted by Gasteiger charge is -1.98. The SMILES string of the molecule is C=C/C=C(\C)CCCNC.CCC.Cc1ccccc1O. The Morgan fingerprint density at radius 3 is 2.24 bits per heavy atom. The molecule has 0 saturated carbocycles. The zero-order valence-corrected chi connectivity index (χ0v) is 14.4. The van der Waals surface area contributed by atoms with Crippen molar-refractivity contribution in [2.45, 2.75) is 47.0 Å². The van der Waals surface area contributed by atoms with Gasteiger partial charge in [-0.3, -0.25) is 0 Å². The summed E-state index contributed by atoms with van der Waals surface area (Å²) in [5.41, 5.74) is 2.33. The van der Waals surface area contributed by atoms with E-state index in [-0.39, 0.29) is 0 Å². The van der Waals surface area contributed by atoms with Gasteiger partial charge in [0.1, 0.15) is 5.75 Å². The molecular formula is C19H33NO. The number of phenols is 1. The Morgan fingerprint density at radius 1 is 1.29 bits per heavy atom. The van der Waals surface area contributed by atoms with Gasteiger partial charge < -0.3 is 10.4 Å². The van der Waals surface area contributed by atoms with Crippen LogP contribution in [-0.4, -0.2) is 18.7 Å². The lowest BCUT2D eigenvalue weighted by atomic mass is 10.1. The molecule has 0 heterocycles. The Morgan fingerprint density at radius 2 is 1.86 bits per heavy atom. The Hall–Kier alpha value is -1.54. The topological polar surface area (TPSA) is 32.3 Å². The van der Waals surface area contributed by atoms with E-state index in [2.05, 4.69) is 38.7 Å². The van der Waals surface area contributed by atoms with E-state index in [9.17, 15) is 0 Å². The van der Waals surface area contributed by atoms with Gasteiger partial charge in [-0.25, -0.2) is 0 Å². The van der Waals surface area contributed by atoms with E-state index in [0.717, 1.165) is 12.1 Å². The molecule has 0 radical (unpaired) electrons. The van der Waals surface area contributed by atoms with Gasteiger partial charge in [0.15, 0.2) is 0 Å². The summed E-state index contributed by atoms with van der Waals surface area (Å²) in [7, 11) is 1.98. The second-order valence-electron chi connectivity index (χ2n) is 4.95. The number of nitrogens with one attached hydrogen (secondary N) is 1. The zero-order chi connectivity index (χ0) is 16.5. The average molecular weight is 291 g/mol. The number of hydrogen-bond donors (Lipinski definition) is 2. The molecule has 1 aromatic rings. The standard InChI is InChI=1S/C9H17N.C7H8O.C3H8/c1-4-6-9(2)7-5-8-10-3;1-6-4-2-3-5-7(6)8;1-3-2/h4,6,10H,1,5,7-8H2,2-3H3;2-5,8H,1H3;3H2,1-2H3/b9-6+;;. The van der Waals surface area contributed by atoms with E-state index in [1.807, 2.05) is 38.2 Å². The highest BCUT2D eigenvalue weighted by Gasteiger charge is 1.87. The van der Waals surface area contributed by atoms with Gasteiger partial charge in [-0.05, 0) is 51.9 Å². The number of aromatic hydroxyl groups is 1. The number of allylic oxidation sites excluding steroid dienone is 3. The van der Waals surface area contributed by atoms with Gasteiger partial charge in [0, 0.05) is 0 Å². The van der Waals surface area contributed by atoms with Crippen LogP contribution in [0.25, 0.3) is 0 Å². The van der Waals surface area contributed by atoms with Crippen LogP contribution in [0, 0.1) is 6.92 Å². The minimum absolute atomic E-state index is 0.368. The third kappa shape index (κ3) is 16.4. The van der Waals surface area contributed by atoms with Crippen LogP contribution in [0.1, 0.15) is 45.6 Å². The molecule has 120 valence electrons. The summed E-state index contributed by atoms with van der Waals surface area (Å²) in [4.78, 5) is 0. The van der Waals surface area contributed by atoms with E-state index >= 15 is 0 Å². The molecule has 1 aromatic carbocycles. The van der Waals surface area contributed by atoms with Gasteiger partial charge >= 0.3 is 0 Å². The molecular weight excluding hydrogens is 258 g/mol. The van der Waals surface area contributed by atoms with E-state index < -0.39 is 0 Å². The fraction of sp³-hybridized carbons (Fsp3) is 0.474. The second-order valence-corrected chi connectivity index (χ2v) is 4.95. The van der Waals surface area contributed by atoms with Crippen LogP contribution in [0.4, 0.5) is 0 Å². The number of rotatable bonds is 5. The number of aryl methyl sites for hydroxylation is 1. The lowest BCUT2D eigenvalue weighted by Crippen LogP contribution is -2.07. The smallest absolute Gasteiger partial charge is 0.118 e.